The highest BCUT2D eigenvalue weighted by Crippen LogP contribution is 2.29. The smallest absolute Gasteiger partial charge is 0.0587 e. The number of nitrogens with one attached hydrogen (secondary N) is 1. The molecule has 0 bridgehead atoms. The van der Waals surface area contributed by atoms with E-state index in [0.29, 0.717) is 0 Å². The van der Waals surface area contributed by atoms with Crippen LogP contribution < -0.4 is 5.32 Å². The Morgan fingerprint density at radius 1 is 1.29 bits per heavy atom. The molecular weight excluding hydrogens is 174 g/mol. The molecule has 0 saturated heterocycles. The Balaban J connectivity index is 1.78. The lowest BCUT2D eigenvalue weighted by Crippen LogP contribution is -2.19. The normalized spacial score (nSPS) is 17.5. The molecule has 1 aliphatic carbocycles. The topological polar surface area (TPSA) is 21.3 Å². The Labute approximate surface area is 87.7 Å². The molecule has 1 N–H and O–H groups in total. The van der Waals surface area contributed by atoms with Crippen molar-refractivity contribution < 1.29 is 4.74 Å². The highest BCUT2D eigenvalue weighted by atomic mass is 16.5. The predicted octanol–water partition coefficient (Wildman–Crippen LogP) is 2.36. The fourth-order valence-corrected chi connectivity index (χ4v) is 1.62. The van der Waals surface area contributed by atoms with Crippen LogP contribution in [0.15, 0.2) is 12.2 Å². The van der Waals surface area contributed by atoms with Crippen LogP contribution in [0.3, 0.4) is 0 Å². The summed E-state index contributed by atoms with van der Waals surface area (Å²) in [6.07, 6.45) is 11.5. The highest BCUT2D eigenvalue weighted by molar-refractivity contribution is 4.86. The number of ether oxygens (including phenoxy) is 1. The van der Waals surface area contributed by atoms with Crippen molar-refractivity contribution in [2.75, 3.05) is 26.8 Å². The van der Waals surface area contributed by atoms with Crippen LogP contribution in [0.1, 0.15) is 32.1 Å². The van der Waals surface area contributed by atoms with Gasteiger partial charge in [0.15, 0.2) is 0 Å². The molecule has 82 valence electrons. The Morgan fingerprint density at radius 2 is 2.14 bits per heavy atom. The van der Waals surface area contributed by atoms with Gasteiger partial charge in [0.2, 0.25) is 0 Å². The second-order valence-electron chi connectivity index (χ2n) is 4.04. The van der Waals surface area contributed by atoms with E-state index < -0.39 is 0 Å². The molecule has 0 radical (unpaired) electrons. The van der Waals surface area contributed by atoms with Gasteiger partial charge >= 0.3 is 0 Å². The van der Waals surface area contributed by atoms with Gasteiger partial charge in [0.05, 0.1) is 6.61 Å². The molecule has 0 atom stereocenters. The molecule has 0 heterocycles. The van der Waals surface area contributed by atoms with Crippen LogP contribution in [0.25, 0.3) is 0 Å². The number of methoxy groups -OCH3 is 1. The van der Waals surface area contributed by atoms with Gasteiger partial charge in [-0.05, 0) is 25.3 Å². The molecule has 0 aromatic heterocycles. The molecule has 14 heavy (non-hydrogen) atoms. The number of rotatable bonds is 8. The highest BCUT2D eigenvalue weighted by Gasteiger charge is 2.14. The first-order valence-electron chi connectivity index (χ1n) is 5.78. The zero-order chi connectivity index (χ0) is 10.1. The molecule has 2 heteroatoms. The van der Waals surface area contributed by atoms with Crippen molar-refractivity contribution in [2.24, 2.45) is 5.92 Å². The van der Waals surface area contributed by atoms with Crippen LogP contribution in [0.4, 0.5) is 0 Å². The van der Waals surface area contributed by atoms with Crippen molar-refractivity contribution in [3.63, 3.8) is 0 Å². The van der Waals surface area contributed by atoms with Crippen molar-refractivity contribution in [3.05, 3.63) is 12.2 Å². The molecule has 0 aromatic carbocycles. The fourth-order valence-electron chi connectivity index (χ4n) is 1.62. The largest absolute Gasteiger partial charge is 0.383 e. The van der Waals surface area contributed by atoms with Gasteiger partial charge in [0.1, 0.15) is 0 Å². The molecule has 0 aliphatic heterocycles. The van der Waals surface area contributed by atoms with Crippen molar-refractivity contribution in [2.45, 2.75) is 32.1 Å². The Bertz CT molecular complexity index is 152. The van der Waals surface area contributed by atoms with E-state index in [0.717, 1.165) is 32.0 Å². The standard InChI is InChI=1S/C12H23NO/c1-14-11-10-13-9-4-2-3-6-12-7-5-8-12/h2-3,12-13H,4-11H2,1H3. The van der Waals surface area contributed by atoms with E-state index in [1.54, 1.807) is 7.11 Å². The number of hydrogen-bond donors (Lipinski definition) is 1. The molecule has 1 saturated carbocycles. The van der Waals surface area contributed by atoms with Crippen molar-refractivity contribution in [1.29, 1.82) is 0 Å². The van der Waals surface area contributed by atoms with Crippen LogP contribution in [0.2, 0.25) is 0 Å². The van der Waals surface area contributed by atoms with E-state index >= 15 is 0 Å². The summed E-state index contributed by atoms with van der Waals surface area (Å²) in [5.41, 5.74) is 0. The van der Waals surface area contributed by atoms with Crippen molar-refractivity contribution >= 4 is 0 Å². The lowest BCUT2D eigenvalue weighted by molar-refractivity contribution is 0.199. The first kappa shape index (κ1) is 11.7. The molecule has 0 aromatic rings. The summed E-state index contributed by atoms with van der Waals surface area (Å²) < 4.78 is 4.94. The maximum Gasteiger partial charge on any atom is 0.0587 e. The second-order valence-corrected chi connectivity index (χ2v) is 4.04. The van der Waals surface area contributed by atoms with Gasteiger partial charge in [-0.1, -0.05) is 31.4 Å². The van der Waals surface area contributed by atoms with Crippen LogP contribution in [-0.4, -0.2) is 26.8 Å². The number of hydrogen-bond acceptors (Lipinski definition) is 2. The lowest BCUT2D eigenvalue weighted by Gasteiger charge is -2.23. The maximum atomic E-state index is 4.94. The molecule has 2 nitrogen and oxygen atoms in total. The summed E-state index contributed by atoms with van der Waals surface area (Å²) in [5, 5.41) is 3.33. The quantitative estimate of drug-likeness (QED) is 0.476. The third-order valence-electron chi connectivity index (χ3n) is 2.83. The summed E-state index contributed by atoms with van der Waals surface area (Å²) in [6.45, 7) is 2.85. The average Bonchev–Trinajstić information content (AvgIpc) is 2.13. The fraction of sp³-hybridized carbons (Fsp3) is 0.833. The molecule has 1 rings (SSSR count). The van der Waals surface area contributed by atoms with Crippen molar-refractivity contribution in [3.8, 4) is 0 Å². The van der Waals surface area contributed by atoms with Crippen molar-refractivity contribution in [1.82, 2.24) is 5.32 Å². The van der Waals surface area contributed by atoms with Crippen LogP contribution >= 0.6 is 0 Å². The maximum absolute atomic E-state index is 4.94. The summed E-state index contributed by atoms with van der Waals surface area (Å²) in [6, 6.07) is 0. The molecule has 0 amide bonds. The lowest BCUT2D eigenvalue weighted by atomic mass is 9.83. The summed E-state index contributed by atoms with van der Waals surface area (Å²) >= 11 is 0. The Morgan fingerprint density at radius 3 is 2.79 bits per heavy atom. The SMILES string of the molecule is COCCNCCC=CCC1CCC1. The van der Waals surface area contributed by atoms with E-state index in [1.165, 1.54) is 25.7 Å². The molecule has 0 unspecified atom stereocenters. The molecular formula is C12H23NO. The van der Waals surface area contributed by atoms with E-state index in [4.69, 9.17) is 4.74 Å². The zero-order valence-corrected chi connectivity index (χ0v) is 9.30. The first-order chi connectivity index (χ1) is 6.93. The van der Waals surface area contributed by atoms with E-state index in [2.05, 4.69) is 17.5 Å². The van der Waals surface area contributed by atoms with Gasteiger partial charge in [-0.25, -0.2) is 0 Å². The van der Waals surface area contributed by atoms with E-state index in [1.807, 2.05) is 0 Å². The molecule has 1 aliphatic rings. The van der Waals surface area contributed by atoms with Crippen LogP contribution in [-0.2, 0) is 4.74 Å². The van der Waals surface area contributed by atoms with Gasteiger partial charge in [-0.3, -0.25) is 0 Å². The molecule has 1 fully saturated rings. The summed E-state index contributed by atoms with van der Waals surface area (Å²) in [4.78, 5) is 0. The monoisotopic (exact) mass is 197 g/mol. The van der Waals surface area contributed by atoms with Gasteiger partial charge in [-0.2, -0.15) is 0 Å². The Hall–Kier alpha value is -0.340. The summed E-state index contributed by atoms with van der Waals surface area (Å²) in [7, 11) is 1.74. The summed E-state index contributed by atoms with van der Waals surface area (Å²) in [5.74, 6) is 1.01. The predicted molar refractivity (Wildman–Crippen MR) is 60.5 cm³/mol. The third-order valence-corrected chi connectivity index (χ3v) is 2.83. The third kappa shape index (κ3) is 5.40. The van der Waals surface area contributed by atoms with Gasteiger partial charge in [0, 0.05) is 13.7 Å². The minimum atomic E-state index is 0.811. The Kier molecular flexibility index (Phi) is 6.71. The first-order valence-corrected chi connectivity index (χ1v) is 5.78. The minimum Gasteiger partial charge on any atom is -0.383 e. The van der Waals surface area contributed by atoms with E-state index in [9.17, 15) is 0 Å². The molecule has 0 spiro atoms. The number of allylic oxidation sites excluding steroid dienone is 1. The van der Waals surface area contributed by atoms with E-state index in [-0.39, 0.29) is 0 Å². The van der Waals surface area contributed by atoms with Crippen LogP contribution in [0, 0.1) is 5.92 Å². The van der Waals surface area contributed by atoms with Crippen LogP contribution in [0.5, 0.6) is 0 Å². The van der Waals surface area contributed by atoms with Gasteiger partial charge < -0.3 is 10.1 Å². The van der Waals surface area contributed by atoms with Gasteiger partial charge in [-0.15, -0.1) is 0 Å². The average molecular weight is 197 g/mol. The minimum absolute atomic E-state index is 0.811. The van der Waals surface area contributed by atoms with Gasteiger partial charge in [0.25, 0.3) is 0 Å². The second kappa shape index (κ2) is 8.01. The zero-order valence-electron chi connectivity index (χ0n) is 9.30.